The Morgan fingerprint density at radius 3 is 2.55 bits per heavy atom. The predicted molar refractivity (Wildman–Crippen MR) is 128 cm³/mol. The molecule has 4 rings (SSSR count). The zero-order chi connectivity index (χ0) is 22.0. The van der Waals surface area contributed by atoms with Crippen LogP contribution in [0.5, 0.6) is 0 Å². The number of hydrogen-bond donors (Lipinski definition) is 3. The Labute approximate surface area is 188 Å². The van der Waals surface area contributed by atoms with E-state index in [2.05, 4.69) is 10.6 Å². The SMILES string of the molecule is CC(NC(=O)c1cccc(Cl)c1)c1ccc2cc(C(=O)Nc3ccccc3N)sc2c1. The number of carbonyl (C=O) groups is 2. The van der Waals surface area contributed by atoms with Crippen LogP contribution in [0.2, 0.25) is 5.02 Å². The maximum absolute atomic E-state index is 12.7. The summed E-state index contributed by atoms with van der Waals surface area (Å²) in [6.45, 7) is 1.92. The molecule has 0 radical (unpaired) electrons. The Kier molecular flexibility index (Phi) is 5.93. The lowest BCUT2D eigenvalue weighted by Crippen LogP contribution is -2.26. The summed E-state index contributed by atoms with van der Waals surface area (Å²) in [6, 6.07) is 21.5. The fraction of sp³-hybridized carbons (Fsp3) is 0.0833. The summed E-state index contributed by atoms with van der Waals surface area (Å²) < 4.78 is 0.965. The highest BCUT2D eigenvalue weighted by atomic mass is 35.5. The molecule has 2 amide bonds. The van der Waals surface area contributed by atoms with E-state index in [1.807, 2.05) is 43.3 Å². The van der Waals surface area contributed by atoms with Crippen molar-refractivity contribution in [3.8, 4) is 0 Å². The van der Waals surface area contributed by atoms with E-state index in [1.165, 1.54) is 11.3 Å². The van der Waals surface area contributed by atoms with E-state index in [0.29, 0.717) is 26.8 Å². The molecule has 1 heterocycles. The van der Waals surface area contributed by atoms with Crippen molar-refractivity contribution in [2.45, 2.75) is 13.0 Å². The van der Waals surface area contributed by atoms with Crippen LogP contribution in [0, 0.1) is 0 Å². The van der Waals surface area contributed by atoms with Gasteiger partial charge in [-0.2, -0.15) is 0 Å². The van der Waals surface area contributed by atoms with E-state index in [4.69, 9.17) is 17.3 Å². The minimum absolute atomic E-state index is 0.193. The predicted octanol–water partition coefficient (Wildman–Crippen LogP) is 5.88. The molecule has 156 valence electrons. The van der Waals surface area contributed by atoms with Crippen LogP contribution in [0.25, 0.3) is 10.1 Å². The molecule has 4 aromatic rings. The third-order valence-electron chi connectivity index (χ3n) is 4.91. The zero-order valence-electron chi connectivity index (χ0n) is 16.7. The van der Waals surface area contributed by atoms with Crippen molar-refractivity contribution >= 4 is 56.2 Å². The molecule has 1 unspecified atom stereocenters. The van der Waals surface area contributed by atoms with Gasteiger partial charge in [0.15, 0.2) is 0 Å². The molecule has 0 bridgehead atoms. The quantitative estimate of drug-likeness (QED) is 0.332. The number of halogens is 1. The van der Waals surface area contributed by atoms with Gasteiger partial charge in [0.1, 0.15) is 0 Å². The molecule has 0 aliphatic rings. The molecule has 4 N–H and O–H groups in total. The lowest BCUT2D eigenvalue weighted by molar-refractivity contribution is 0.0939. The lowest BCUT2D eigenvalue weighted by Gasteiger charge is -2.14. The molecule has 0 saturated heterocycles. The number of fused-ring (bicyclic) bond motifs is 1. The summed E-state index contributed by atoms with van der Waals surface area (Å²) in [6.07, 6.45) is 0. The fourth-order valence-corrected chi connectivity index (χ4v) is 4.41. The van der Waals surface area contributed by atoms with E-state index in [9.17, 15) is 9.59 Å². The van der Waals surface area contributed by atoms with Gasteiger partial charge < -0.3 is 16.4 Å². The number of hydrogen-bond acceptors (Lipinski definition) is 4. The topological polar surface area (TPSA) is 84.2 Å². The van der Waals surface area contributed by atoms with Crippen LogP contribution in [-0.4, -0.2) is 11.8 Å². The van der Waals surface area contributed by atoms with Crippen LogP contribution in [-0.2, 0) is 0 Å². The lowest BCUT2D eigenvalue weighted by atomic mass is 10.1. The largest absolute Gasteiger partial charge is 0.397 e. The Morgan fingerprint density at radius 2 is 1.77 bits per heavy atom. The molecule has 5 nitrogen and oxygen atoms in total. The summed E-state index contributed by atoms with van der Waals surface area (Å²) in [5, 5.41) is 7.32. The van der Waals surface area contributed by atoms with Crippen molar-refractivity contribution in [1.82, 2.24) is 5.32 Å². The van der Waals surface area contributed by atoms with Crippen molar-refractivity contribution in [3.63, 3.8) is 0 Å². The second-order valence-electron chi connectivity index (χ2n) is 7.15. The number of nitrogens with two attached hydrogens (primary N) is 1. The molecule has 0 aliphatic heterocycles. The first-order valence-corrected chi connectivity index (χ1v) is 10.9. The van der Waals surface area contributed by atoms with Gasteiger partial charge in [0.2, 0.25) is 0 Å². The molecule has 7 heteroatoms. The van der Waals surface area contributed by atoms with Gasteiger partial charge in [0.05, 0.1) is 22.3 Å². The maximum Gasteiger partial charge on any atom is 0.265 e. The number of carbonyl (C=O) groups excluding carboxylic acids is 2. The van der Waals surface area contributed by atoms with Gasteiger partial charge in [0.25, 0.3) is 11.8 Å². The van der Waals surface area contributed by atoms with E-state index >= 15 is 0 Å². The summed E-state index contributed by atoms with van der Waals surface area (Å²) in [7, 11) is 0. The number of nitrogens with one attached hydrogen (secondary N) is 2. The van der Waals surface area contributed by atoms with Crippen molar-refractivity contribution < 1.29 is 9.59 Å². The van der Waals surface area contributed by atoms with Crippen molar-refractivity contribution in [2.24, 2.45) is 0 Å². The van der Waals surface area contributed by atoms with Gasteiger partial charge in [-0.3, -0.25) is 9.59 Å². The number of thiophene rings is 1. The zero-order valence-corrected chi connectivity index (χ0v) is 18.3. The van der Waals surface area contributed by atoms with Crippen LogP contribution < -0.4 is 16.4 Å². The molecular weight excluding hydrogens is 430 g/mol. The van der Waals surface area contributed by atoms with Gasteiger partial charge in [-0.1, -0.05) is 41.9 Å². The first-order valence-electron chi connectivity index (χ1n) is 9.66. The summed E-state index contributed by atoms with van der Waals surface area (Å²) >= 11 is 7.37. The molecular formula is C24H20ClN3O2S. The highest BCUT2D eigenvalue weighted by molar-refractivity contribution is 7.20. The molecule has 1 aromatic heterocycles. The monoisotopic (exact) mass is 449 g/mol. The second-order valence-corrected chi connectivity index (χ2v) is 8.67. The third kappa shape index (κ3) is 4.71. The number of amides is 2. The van der Waals surface area contributed by atoms with E-state index in [0.717, 1.165) is 15.6 Å². The standard InChI is InChI=1S/C24H20ClN3O2S/c1-14(27-23(29)17-5-4-6-18(25)11-17)15-9-10-16-13-22(31-21(16)12-15)24(30)28-20-8-3-2-7-19(20)26/h2-14H,26H2,1H3,(H,27,29)(H,28,30). The molecule has 31 heavy (non-hydrogen) atoms. The maximum atomic E-state index is 12.7. The summed E-state index contributed by atoms with van der Waals surface area (Å²) in [4.78, 5) is 25.8. The number of benzene rings is 3. The second kappa shape index (κ2) is 8.79. The van der Waals surface area contributed by atoms with Crippen molar-refractivity contribution in [2.75, 3.05) is 11.1 Å². The minimum atomic E-state index is -0.209. The Bertz CT molecular complexity index is 1280. The van der Waals surface area contributed by atoms with Crippen molar-refractivity contribution in [3.05, 3.63) is 93.8 Å². The van der Waals surface area contributed by atoms with Gasteiger partial charge in [-0.05, 0) is 60.3 Å². The number of rotatable bonds is 5. The highest BCUT2D eigenvalue weighted by Gasteiger charge is 2.15. The Balaban J connectivity index is 1.51. The van der Waals surface area contributed by atoms with E-state index in [1.54, 1.807) is 36.4 Å². The summed E-state index contributed by atoms with van der Waals surface area (Å²) in [5.41, 5.74) is 8.47. The van der Waals surface area contributed by atoms with Gasteiger partial charge in [0, 0.05) is 15.3 Å². The van der Waals surface area contributed by atoms with Crippen molar-refractivity contribution in [1.29, 1.82) is 0 Å². The molecule has 1 atom stereocenters. The van der Waals surface area contributed by atoms with Gasteiger partial charge in [-0.25, -0.2) is 0 Å². The number of nitrogen functional groups attached to an aromatic ring is 1. The third-order valence-corrected chi connectivity index (χ3v) is 6.24. The number of para-hydroxylation sites is 2. The smallest absolute Gasteiger partial charge is 0.265 e. The summed E-state index contributed by atoms with van der Waals surface area (Å²) in [5.74, 6) is -0.398. The fourth-order valence-electron chi connectivity index (χ4n) is 3.22. The van der Waals surface area contributed by atoms with Gasteiger partial charge in [-0.15, -0.1) is 11.3 Å². The minimum Gasteiger partial charge on any atom is -0.397 e. The van der Waals surface area contributed by atoms with Crippen LogP contribution in [0.4, 0.5) is 11.4 Å². The van der Waals surface area contributed by atoms with E-state index < -0.39 is 0 Å². The average Bonchev–Trinajstić information content (AvgIpc) is 3.19. The average molecular weight is 450 g/mol. The molecule has 0 spiro atoms. The van der Waals surface area contributed by atoms with Crippen LogP contribution in [0.1, 0.15) is 38.6 Å². The normalized spacial score (nSPS) is 11.8. The molecule has 0 fully saturated rings. The van der Waals surface area contributed by atoms with Crippen LogP contribution in [0.15, 0.2) is 72.8 Å². The molecule has 0 aliphatic carbocycles. The highest BCUT2D eigenvalue weighted by Crippen LogP contribution is 2.30. The molecule has 3 aromatic carbocycles. The van der Waals surface area contributed by atoms with Gasteiger partial charge >= 0.3 is 0 Å². The Morgan fingerprint density at radius 1 is 0.968 bits per heavy atom. The van der Waals surface area contributed by atoms with Crippen LogP contribution in [0.3, 0.4) is 0 Å². The van der Waals surface area contributed by atoms with E-state index in [-0.39, 0.29) is 17.9 Å². The Hall–Kier alpha value is -3.35. The first-order chi connectivity index (χ1) is 14.9. The first kappa shape index (κ1) is 20.9. The molecule has 0 saturated carbocycles. The number of anilines is 2. The van der Waals surface area contributed by atoms with Crippen LogP contribution >= 0.6 is 22.9 Å².